The van der Waals surface area contributed by atoms with Crippen molar-refractivity contribution < 1.29 is 14.3 Å². The van der Waals surface area contributed by atoms with Crippen LogP contribution in [-0.4, -0.2) is 39.5 Å². The SMILES string of the molecule is CSc1cccc(NC(=O)COC(=O)c2ccc(-n3nc(C)cc3C)nc2)c1. The highest BCUT2D eigenvalue weighted by atomic mass is 32.2. The lowest BCUT2D eigenvalue weighted by Gasteiger charge is -2.08. The van der Waals surface area contributed by atoms with E-state index >= 15 is 0 Å². The number of carbonyl (C=O) groups excluding carboxylic acids is 2. The summed E-state index contributed by atoms with van der Waals surface area (Å²) in [5, 5.41) is 7.06. The first-order chi connectivity index (χ1) is 13.5. The second-order valence-corrected chi connectivity index (χ2v) is 6.98. The largest absolute Gasteiger partial charge is 0.452 e. The molecule has 0 aliphatic heterocycles. The van der Waals surface area contributed by atoms with Crippen molar-refractivity contribution in [1.29, 1.82) is 0 Å². The van der Waals surface area contributed by atoms with Crippen molar-refractivity contribution in [1.82, 2.24) is 14.8 Å². The van der Waals surface area contributed by atoms with Gasteiger partial charge in [-0.1, -0.05) is 6.07 Å². The van der Waals surface area contributed by atoms with Crippen LogP contribution in [0.3, 0.4) is 0 Å². The van der Waals surface area contributed by atoms with Crippen LogP contribution < -0.4 is 5.32 Å². The van der Waals surface area contributed by atoms with Crippen LogP contribution >= 0.6 is 11.8 Å². The third-order valence-electron chi connectivity index (χ3n) is 3.90. The Kier molecular flexibility index (Phi) is 6.10. The summed E-state index contributed by atoms with van der Waals surface area (Å²) in [4.78, 5) is 29.4. The van der Waals surface area contributed by atoms with Gasteiger partial charge in [0.15, 0.2) is 12.4 Å². The van der Waals surface area contributed by atoms with E-state index in [1.165, 1.54) is 6.20 Å². The van der Waals surface area contributed by atoms with Gasteiger partial charge in [-0.15, -0.1) is 11.8 Å². The zero-order valence-corrected chi connectivity index (χ0v) is 16.6. The van der Waals surface area contributed by atoms with E-state index < -0.39 is 11.9 Å². The average molecular weight is 396 g/mol. The van der Waals surface area contributed by atoms with Crippen LogP contribution in [0.2, 0.25) is 0 Å². The number of carbonyl (C=O) groups is 2. The summed E-state index contributed by atoms with van der Waals surface area (Å²) in [6, 6.07) is 12.7. The first-order valence-electron chi connectivity index (χ1n) is 8.57. The molecule has 28 heavy (non-hydrogen) atoms. The summed E-state index contributed by atoms with van der Waals surface area (Å²) in [5.74, 6) is -0.409. The van der Waals surface area contributed by atoms with E-state index in [1.54, 1.807) is 34.6 Å². The van der Waals surface area contributed by atoms with Crippen LogP contribution in [0.15, 0.2) is 53.6 Å². The molecule has 0 radical (unpaired) electrons. The number of amides is 1. The van der Waals surface area contributed by atoms with Gasteiger partial charge in [0.05, 0.1) is 11.3 Å². The molecule has 7 nitrogen and oxygen atoms in total. The first-order valence-corrected chi connectivity index (χ1v) is 9.79. The fourth-order valence-corrected chi connectivity index (χ4v) is 3.06. The predicted octanol–water partition coefficient (Wildman–Crippen LogP) is 3.40. The molecular formula is C20H20N4O3S. The van der Waals surface area contributed by atoms with Crippen LogP contribution in [0.4, 0.5) is 5.69 Å². The first kappa shape index (κ1) is 19.6. The van der Waals surface area contributed by atoms with E-state index in [1.807, 2.05) is 44.4 Å². The monoisotopic (exact) mass is 396 g/mol. The van der Waals surface area contributed by atoms with Gasteiger partial charge in [-0.3, -0.25) is 4.79 Å². The van der Waals surface area contributed by atoms with Crippen LogP contribution in [0, 0.1) is 13.8 Å². The number of thioether (sulfide) groups is 1. The van der Waals surface area contributed by atoms with Gasteiger partial charge in [-0.2, -0.15) is 5.10 Å². The Bertz CT molecular complexity index is 999. The minimum Gasteiger partial charge on any atom is -0.452 e. The van der Waals surface area contributed by atoms with Crippen LogP contribution in [-0.2, 0) is 9.53 Å². The van der Waals surface area contributed by atoms with E-state index in [2.05, 4.69) is 15.4 Å². The second kappa shape index (κ2) is 8.71. The molecule has 0 atom stereocenters. The highest BCUT2D eigenvalue weighted by molar-refractivity contribution is 7.98. The normalized spacial score (nSPS) is 10.5. The van der Waals surface area contributed by atoms with Gasteiger partial charge in [0.25, 0.3) is 5.91 Å². The molecule has 1 amide bonds. The molecule has 0 saturated heterocycles. The van der Waals surface area contributed by atoms with Gasteiger partial charge in [0.2, 0.25) is 0 Å². The number of pyridine rings is 1. The topological polar surface area (TPSA) is 86.1 Å². The predicted molar refractivity (Wildman–Crippen MR) is 108 cm³/mol. The molecule has 0 bridgehead atoms. The Labute approximate surface area is 167 Å². The fraction of sp³-hybridized carbons (Fsp3) is 0.200. The van der Waals surface area contributed by atoms with E-state index in [0.29, 0.717) is 11.5 Å². The van der Waals surface area contributed by atoms with E-state index in [-0.39, 0.29) is 12.2 Å². The maximum atomic E-state index is 12.2. The Balaban J connectivity index is 1.57. The van der Waals surface area contributed by atoms with E-state index in [4.69, 9.17) is 4.74 Å². The number of aryl methyl sites for hydroxylation is 2. The number of nitrogens with zero attached hydrogens (tertiary/aromatic N) is 3. The zero-order chi connectivity index (χ0) is 20.1. The van der Waals surface area contributed by atoms with Gasteiger partial charge >= 0.3 is 5.97 Å². The average Bonchev–Trinajstić information content (AvgIpc) is 3.04. The number of aromatic nitrogens is 3. The van der Waals surface area contributed by atoms with Crippen LogP contribution in [0.25, 0.3) is 5.82 Å². The van der Waals surface area contributed by atoms with Crippen molar-refractivity contribution in [2.45, 2.75) is 18.7 Å². The molecule has 0 fully saturated rings. The molecule has 0 aliphatic rings. The lowest BCUT2D eigenvalue weighted by atomic mass is 10.3. The van der Waals surface area contributed by atoms with E-state index in [9.17, 15) is 9.59 Å². The molecule has 2 heterocycles. The standard InChI is InChI=1S/C20H20N4O3S/c1-13-9-14(2)24(23-13)18-8-7-15(11-21-18)20(26)27-12-19(25)22-16-5-4-6-17(10-16)28-3/h4-11H,12H2,1-3H3,(H,22,25). The smallest absolute Gasteiger partial charge is 0.340 e. The molecule has 1 aromatic carbocycles. The number of anilines is 1. The van der Waals surface area contributed by atoms with Crippen molar-refractivity contribution in [3.05, 3.63) is 65.6 Å². The van der Waals surface area contributed by atoms with Crippen molar-refractivity contribution >= 4 is 29.3 Å². The summed E-state index contributed by atoms with van der Waals surface area (Å²) in [6.07, 6.45) is 3.37. The highest BCUT2D eigenvalue weighted by Crippen LogP contribution is 2.19. The van der Waals surface area contributed by atoms with Crippen molar-refractivity contribution in [2.24, 2.45) is 0 Å². The number of ether oxygens (including phenoxy) is 1. The summed E-state index contributed by atoms with van der Waals surface area (Å²) < 4.78 is 6.77. The van der Waals surface area contributed by atoms with Gasteiger partial charge < -0.3 is 10.1 Å². The quantitative estimate of drug-likeness (QED) is 0.508. The lowest BCUT2D eigenvalue weighted by Crippen LogP contribution is -2.21. The minimum absolute atomic E-state index is 0.266. The molecule has 1 N–H and O–H groups in total. The van der Waals surface area contributed by atoms with Crippen LogP contribution in [0.1, 0.15) is 21.7 Å². The number of rotatable bonds is 6. The Hall–Kier alpha value is -3.13. The third-order valence-corrected chi connectivity index (χ3v) is 4.62. The second-order valence-electron chi connectivity index (χ2n) is 6.10. The molecule has 2 aromatic heterocycles. The minimum atomic E-state index is -0.611. The number of hydrogen-bond donors (Lipinski definition) is 1. The number of benzene rings is 1. The molecule has 0 spiro atoms. The zero-order valence-electron chi connectivity index (χ0n) is 15.8. The van der Waals surface area contributed by atoms with Crippen molar-refractivity contribution in [2.75, 3.05) is 18.2 Å². The lowest BCUT2D eigenvalue weighted by molar-refractivity contribution is -0.119. The molecule has 3 rings (SSSR count). The molecule has 8 heteroatoms. The maximum absolute atomic E-state index is 12.2. The van der Waals surface area contributed by atoms with Gasteiger partial charge in [0.1, 0.15) is 0 Å². The number of hydrogen-bond acceptors (Lipinski definition) is 6. The van der Waals surface area contributed by atoms with Crippen molar-refractivity contribution in [3.63, 3.8) is 0 Å². The Morgan fingerprint density at radius 2 is 2.00 bits per heavy atom. The number of nitrogens with one attached hydrogen (secondary N) is 1. The molecular weight excluding hydrogens is 376 g/mol. The van der Waals surface area contributed by atoms with Crippen molar-refractivity contribution in [3.8, 4) is 5.82 Å². The van der Waals surface area contributed by atoms with E-state index in [0.717, 1.165) is 16.3 Å². The van der Waals surface area contributed by atoms with Gasteiger partial charge in [-0.25, -0.2) is 14.5 Å². The summed E-state index contributed by atoms with van der Waals surface area (Å²) in [7, 11) is 0. The summed E-state index contributed by atoms with van der Waals surface area (Å²) in [6.45, 7) is 3.45. The maximum Gasteiger partial charge on any atom is 0.340 e. The fourth-order valence-electron chi connectivity index (χ4n) is 2.61. The molecule has 144 valence electrons. The highest BCUT2D eigenvalue weighted by Gasteiger charge is 2.12. The van der Waals surface area contributed by atoms with Gasteiger partial charge in [0, 0.05) is 22.5 Å². The molecule has 0 aliphatic carbocycles. The van der Waals surface area contributed by atoms with Crippen LogP contribution in [0.5, 0.6) is 0 Å². The molecule has 3 aromatic rings. The summed E-state index contributed by atoms with van der Waals surface area (Å²) >= 11 is 1.58. The molecule has 0 unspecified atom stereocenters. The Morgan fingerprint density at radius 1 is 1.18 bits per heavy atom. The number of esters is 1. The third kappa shape index (κ3) is 4.77. The molecule has 0 saturated carbocycles. The Morgan fingerprint density at radius 3 is 2.64 bits per heavy atom. The summed E-state index contributed by atoms with van der Waals surface area (Å²) in [5.41, 5.74) is 2.76. The van der Waals surface area contributed by atoms with Gasteiger partial charge in [-0.05, 0) is 56.5 Å².